The van der Waals surface area contributed by atoms with E-state index >= 15 is 0 Å². The molecule has 29 heavy (non-hydrogen) atoms. The highest BCUT2D eigenvalue weighted by Crippen LogP contribution is 2.13. The van der Waals surface area contributed by atoms with E-state index in [2.05, 4.69) is 27.1 Å². The SMILES string of the molecule is CN1CCN(CC(=O)c2ccc(NC(=O)CCC(=O)c3cccnc3)cc2)CC1. The lowest BCUT2D eigenvalue weighted by Gasteiger charge is -2.31. The van der Waals surface area contributed by atoms with Gasteiger partial charge in [-0.1, -0.05) is 0 Å². The first-order chi connectivity index (χ1) is 14.0. The molecule has 1 saturated heterocycles. The Hall–Kier alpha value is -2.90. The van der Waals surface area contributed by atoms with Gasteiger partial charge >= 0.3 is 0 Å². The van der Waals surface area contributed by atoms with E-state index in [1.165, 1.54) is 6.20 Å². The van der Waals surface area contributed by atoms with E-state index < -0.39 is 0 Å². The van der Waals surface area contributed by atoms with Gasteiger partial charge in [-0.25, -0.2) is 0 Å². The number of carbonyl (C=O) groups is 3. The lowest BCUT2D eigenvalue weighted by atomic mass is 10.1. The number of ketones is 2. The van der Waals surface area contributed by atoms with Crippen molar-refractivity contribution in [2.75, 3.05) is 45.1 Å². The van der Waals surface area contributed by atoms with Gasteiger partial charge in [-0.3, -0.25) is 24.3 Å². The number of pyridine rings is 1. The molecule has 1 aromatic carbocycles. The molecule has 0 atom stereocenters. The summed E-state index contributed by atoms with van der Waals surface area (Å²) in [6, 6.07) is 10.3. The first kappa shape index (κ1) is 20.8. The number of nitrogens with zero attached hydrogens (tertiary/aromatic N) is 3. The summed E-state index contributed by atoms with van der Waals surface area (Å²) in [6.45, 7) is 4.15. The average Bonchev–Trinajstić information content (AvgIpc) is 2.75. The summed E-state index contributed by atoms with van der Waals surface area (Å²) in [5.41, 5.74) is 1.75. The molecule has 1 amide bonds. The molecule has 0 unspecified atom stereocenters. The van der Waals surface area contributed by atoms with Gasteiger partial charge in [-0.2, -0.15) is 0 Å². The molecular weight excluding hydrogens is 368 g/mol. The Kier molecular flexibility index (Phi) is 7.21. The smallest absolute Gasteiger partial charge is 0.224 e. The highest BCUT2D eigenvalue weighted by Gasteiger charge is 2.17. The quantitative estimate of drug-likeness (QED) is 0.691. The third-order valence-electron chi connectivity index (χ3n) is 5.02. The van der Waals surface area contributed by atoms with Crippen LogP contribution in [0.4, 0.5) is 5.69 Å². The molecule has 1 aliphatic heterocycles. The lowest BCUT2D eigenvalue weighted by molar-refractivity contribution is -0.116. The molecule has 0 aliphatic carbocycles. The molecular formula is C22H26N4O3. The zero-order valence-electron chi connectivity index (χ0n) is 16.6. The van der Waals surface area contributed by atoms with Gasteiger partial charge in [0.1, 0.15) is 0 Å². The van der Waals surface area contributed by atoms with Crippen molar-refractivity contribution in [3.63, 3.8) is 0 Å². The number of nitrogens with one attached hydrogen (secondary N) is 1. The number of rotatable bonds is 8. The van der Waals surface area contributed by atoms with Gasteiger partial charge < -0.3 is 10.2 Å². The van der Waals surface area contributed by atoms with Crippen molar-refractivity contribution in [1.82, 2.24) is 14.8 Å². The summed E-state index contributed by atoms with van der Waals surface area (Å²) in [6.07, 6.45) is 3.32. The zero-order valence-corrected chi connectivity index (χ0v) is 16.6. The van der Waals surface area contributed by atoms with Crippen molar-refractivity contribution in [3.8, 4) is 0 Å². The summed E-state index contributed by atoms with van der Waals surface area (Å²) in [5, 5.41) is 2.77. The molecule has 2 aromatic rings. The van der Waals surface area contributed by atoms with Gasteiger partial charge in [0.15, 0.2) is 11.6 Å². The van der Waals surface area contributed by atoms with E-state index in [0.29, 0.717) is 23.4 Å². The number of hydrogen-bond acceptors (Lipinski definition) is 6. The third kappa shape index (κ3) is 6.30. The average molecular weight is 394 g/mol. The Morgan fingerprint density at radius 3 is 2.31 bits per heavy atom. The molecule has 1 aromatic heterocycles. The van der Waals surface area contributed by atoms with Gasteiger partial charge in [0.05, 0.1) is 6.54 Å². The van der Waals surface area contributed by atoms with Crippen molar-refractivity contribution >= 4 is 23.2 Å². The minimum Gasteiger partial charge on any atom is -0.326 e. The van der Waals surface area contributed by atoms with Crippen molar-refractivity contribution in [2.24, 2.45) is 0 Å². The van der Waals surface area contributed by atoms with Crippen LogP contribution < -0.4 is 5.32 Å². The third-order valence-corrected chi connectivity index (χ3v) is 5.02. The fourth-order valence-electron chi connectivity index (χ4n) is 3.16. The number of piperazine rings is 1. The number of anilines is 1. The maximum absolute atomic E-state index is 12.5. The van der Waals surface area contributed by atoms with Gasteiger partial charge in [-0.05, 0) is 43.4 Å². The molecule has 7 nitrogen and oxygen atoms in total. The largest absolute Gasteiger partial charge is 0.326 e. The topological polar surface area (TPSA) is 82.6 Å². The van der Waals surface area contributed by atoms with Crippen LogP contribution >= 0.6 is 0 Å². The fourth-order valence-corrected chi connectivity index (χ4v) is 3.16. The van der Waals surface area contributed by atoms with Crippen LogP contribution in [0.2, 0.25) is 0 Å². The predicted molar refractivity (Wildman–Crippen MR) is 111 cm³/mol. The summed E-state index contributed by atoms with van der Waals surface area (Å²) in [7, 11) is 2.08. The number of Topliss-reactive ketones (excluding diaryl/α,β-unsaturated/α-hetero) is 2. The Bertz CT molecular complexity index is 844. The van der Waals surface area contributed by atoms with Crippen LogP contribution in [-0.4, -0.2) is 72.0 Å². The monoisotopic (exact) mass is 394 g/mol. The van der Waals surface area contributed by atoms with Gasteiger partial charge in [-0.15, -0.1) is 0 Å². The second-order valence-corrected chi connectivity index (χ2v) is 7.29. The molecule has 1 N–H and O–H groups in total. The maximum Gasteiger partial charge on any atom is 0.224 e. The lowest BCUT2D eigenvalue weighted by Crippen LogP contribution is -2.46. The van der Waals surface area contributed by atoms with Crippen LogP contribution in [0.25, 0.3) is 0 Å². The van der Waals surface area contributed by atoms with E-state index in [4.69, 9.17) is 0 Å². The zero-order chi connectivity index (χ0) is 20.6. The van der Waals surface area contributed by atoms with Gasteiger partial charge in [0.2, 0.25) is 5.91 Å². The molecule has 0 bridgehead atoms. The number of aromatic nitrogens is 1. The molecule has 3 rings (SSSR count). The normalized spacial score (nSPS) is 15.1. The molecule has 0 saturated carbocycles. The standard InChI is InChI=1S/C22H26N4O3/c1-25-11-13-26(14-12-25)16-21(28)17-4-6-19(7-5-17)24-22(29)9-8-20(27)18-3-2-10-23-15-18/h2-7,10,15H,8-9,11-14,16H2,1H3,(H,24,29). The summed E-state index contributed by atoms with van der Waals surface area (Å²) < 4.78 is 0. The number of hydrogen-bond donors (Lipinski definition) is 1. The second-order valence-electron chi connectivity index (χ2n) is 7.29. The van der Waals surface area contributed by atoms with Crippen LogP contribution in [-0.2, 0) is 4.79 Å². The van der Waals surface area contributed by atoms with Crippen molar-refractivity contribution in [2.45, 2.75) is 12.8 Å². The van der Waals surface area contributed by atoms with E-state index in [1.807, 2.05) is 0 Å². The van der Waals surface area contributed by atoms with E-state index in [0.717, 1.165) is 26.2 Å². The van der Waals surface area contributed by atoms with Crippen LogP contribution in [0, 0.1) is 0 Å². The second kappa shape index (κ2) is 10.0. The number of likely N-dealkylation sites (N-methyl/N-ethyl adjacent to an activating group) is 1. The van der Waals surface area contributed by atoms with E-state index in [9.17, 15) is 14.4 Å². The Balaban J connectivity index is 1.45. The van der Waals surface area contributed by atoms with E-state index in [1.54, 1.807) is 42.6 Å². The van der Waals surface area contributed by atoms with Crippen LogP contribution in [0.1, 0.15) is 33.6 Å². The summed E-state index contributed by atoms with van der Waals surface area (Å²) in [5.74, 6) is -0.272. The minimum atomic E-state index is -0.237. The highest BCUT2D eigenvalue weighted by molar-refractivity contribution is 6.00. The number of carbonyl (C=O) groups excluding carboxylic acids is 3. The van der Waals surface area contributed by atoms with Crippen LogP contribution in [0.5, 0.6) is 0 Å². The van der Waals surface area contributed by atoms with Crippen molar-refractivity contribution in [3.05, 3.63) is 59.9 Å². The highest BCUT2D eigenvalue weighted by atomic mass is 16.2. The molecule has 1 fully saturated rings. The van der Waals surface area contributed by atoms with Gasteiger partial charge in [0.25, 0.3) is 0 Å². The van der Waals surface area contributed by atoms with Crippen molar-refractivity contribution in [1.29, 1.82) is 0 Å². The number of benzene rings is 1. The predicted octanol–water partition coefficient (Wildman–Crippen LogP) is 2.11. The maximum atomic E-state index is 12.5. The molecule has 0 spiro atoms. The summed E-state index contributed by atoms with van der Waals surface area (Å²) in [4.78, 5) is 44.9. The fraction of sp³-hybridized carbons (Fsp3) is 0.364. The molecule has 7 heteroatoms. The molecule has 2 heterocycles. The van der Waals surface area contributed by atoms with Crippen LogP contribution in [0.15, 0.2) is 48.8 Å². The molecule has 1 aliphatic rings. The van der Waals surface area contributed by atoms with E-state index in [-0.39, 0.29) is 30.3 Å². The molecule has 152 valence electrons. The number of amides is 1. The van der Waals surface area contributed by atoms with Crippen molar-refractivity contribution < 1.29 is 14.4 Å². The van der Waals surface area contributed by atoms with Crippen LogP contribution in [0.3, 0.4) is 0 Å². The minimum absolute atomic E-state index is 0.0782. The Morgan fingerprint density at radius 1 is 0.931 bits per heavy atom. The molecule has 0 radical (unpaired) electrons. The van der Waals surface area contributed by atoms with Gasteiger partial charge in [0, 0.05) is 68.2 Å². The first-order valence-electron chi connectivity index (χ1n) is 9.78. The first-order valence-corrected chi connectivity index (χ1v) is 9.78. The summed E-state index contributed by atoms with van der Waals surface area (Å²) >= 11 is 0. The Morgan fingerprint density at radius 2 is 1.66 bits per heavy atom. The Labute approximate surface area is 170 Å².